The van der Waals surface area contributed by atoms with Crippen LogP contribution in [0.2, 0.25) is 0 Å². The van der Waals surface area contributed by atoms with Crippen molar-refractivity contribution in [2.75, 3.05) is 6.54 Å². The average Bonchev–Trinajstić information content (AvgIpc) is 3.01. The number of nitrogens with zero attached hydrogens (tertiary/aromatic N) is 4. The van der Waals surface area contributed by atoms with Gasteiger partial charge < -0.3 is 14.0 Å². The number of aromatic nitrogens is 3. The largest absolute Gasteiger partial charge is 0.485 e. The van der Waals surface area contributed by atoms with Gasteiger partial charge >= 0.3 is 6.09 Å². The Morgan fingerprint density at radius 2 is 1.96 bits per heavy atom. The normalized spacial score (nSPS) is 14.1. The Morgan fingerprint density at radius 1 is 1.19 bits per heavy atom. The number of aryl methyl sites for hydroxylation is 1. The van der Waals surface area contributed by atoms with Gasteiger partial charge in [-0.15, -0.1) is 10.2 Å². The predicted octanol–water partition coefficient (Wildman–Crippen LogP) is 3.17. The highest BCUT2D eigenvalue weighted by atomic mass is 16.6. The number of amides is 1. The van der Waals surface area contributed by atoms with E-state index in [0.29, 0.717) is 26.2 Å². The van der Waals surface area contributed by atoms with Gasteiger partial charge in [0.25, 0.3) is 0 Å². The maximum Gasteiger partial charge on any atom is 0.410 e. The van der Waals surface area contributed by atoms with Crippen LogP contribution in [0.1, 0.15) is 44.9 Å². The van der Waals surface area contributed by atoms with Gasteiger partial charge in [-0.3, -0.25) is 4.90 Å². The van der Waals surface area contributed by atoms with Gasteiger partial charge in [0.05, 0.1) is 6.54 Å². The lowest BCUT2D eigenvalue weighted by Gasteiger charge is -2.30. The first-order valence-corrected chi connectivity index (χ1v) is 8.97. The van der Waals surface area contributed by atoms with Gasteiger partial charge in [0.1, 0.15) is 18.0 Å². The first kappa shape index (κ1) is 18.2. The minimum Gasteiger partial charge on any atom is -0.485 e. The summed E-state index contributed by atoms with van der Waals surface area (Å²) in [6.45, 7) is 9.65. The van der Waals surface area contributed by atoms with Crippen LogP contribution in [-0.4, -0.2) is 37.9 Å². The summed E-state index contributed by atoms with van der Waals surface area (Å²) in [6, 6.07) is 8.01. The highest BCUT2D eigenvalue weighted by molar-refractivity contribution is 5.68. The molecule has 0 fully saturated rings. The molecule has 0 unspecified atom stereocenters. The van der Waals surface area contributed by atoms with Gasteiger partial charge in [-0.05, 0) is 38.8 Å². The fourth-order valence-electron chi connectivity index (χ4n) is 2.89. The van der Waals surface area contributed by atoms with Crippen molar-refractivity contribution in [1.82, 2.24) is 19.7 Å². The zero-order chi connectivity index (χ0) is 18.7. The quantitative estimate of drug-likeness (QED) is 0.840. The van der Waals surface area contributed by atoms with Crippen molar-refractivity contribution in [2.24, 2.45) is 0 Å². The van der Waals surface area contributed by atoms with Crippen LogP contribution in [-0.2, 0) is 30.9 Å². The molecule has 1 aromatic carbocycles. The predicted molar refractivity (Wildman–Crippen MR) is 96.8 cm³/mol. The second kappa shape index (κ2) is 7.35. The molecule has 7 heteroatoms. The molecular formula is C19H26N4O3. The van der Waals surface area contributed by atoms with E-state index in [1.54, 1.807) is 4.90 Å². The van der Waals surface area contributed by atoms with Gasteiger partial charge in [0.15, 0.2) is 11.6 Å². The van der Waals surface area contributed by atoms with E-state index in [0.717, 1.165) is 23.8 Å². The Labute approximate surface area is 153 Å². The second-order valence-electron chi connectivity index (χ2n) is 7.34. The molecule has 1 aliphatic heterocycles. The van der Waals surface area contributed by atoms with Crippen molar-refractivity contribution in [3.05, 3.63) is 41.5 Å². The molecule has 0 spiro atoms. The van der Waals surface area contributed by atoms with E-state index in [-0.39, 0.29) is 6.09 Å². The molecule has 2 aromatic rings. The van der Waals surface area contributed by atoms with Crippen molar-refractivity contribution in [2.45, 2.75) is 59.4 Å². The third-order valence-electron chi connectivity index (χ3n) is 4.19. The molecule has 3 rings (SSSR count). The highest BCUT2D eigenvalue weighted by Crippen LogP contribution is 2.21. The van der Waals surface area contributed by atoms with Crippen LogP contribution >= 0.6 is 0 Å². The van der Waals surface area contributed by atoms with Crippen molar-refractivity contribution < 1.29 is 14.3 Å². The summed E-state index contributed by atoms with van der Waals surface area (Å²) in [7, 11) is 0. The number of hydrogen-bond donors (Lipinski definition) is 0. The molecule has 0 aliphatic carbocycles. The molecule has 0 radical (unpaired) electrons. The number of ether oxygens (including phenoxy) is 2. The Balaban J connectivity index is 1.65. The van der Waals surface area contributed by atoms with Gasteiger partial charge in [0, 0.05) is 13.1 Å². The van der Waals surface area contributed by atoms with E-state index in [9.17, 15) is 4.79 Å². The van der Waals surface area contributed by atoms with E-state index < -0.39 is 5.60 Å². The minimum atomic E-state index is -0.506. The first-order chi connectivity index (χ1) is 12.4. The summed E-state index contributed by atoms with van der Waals surface area (Å²) in [6.07, 6.45) is 0.598. The third-order valence-corrected chi connectivity index (χ3v) is 4.19. The molecule has 0 bridgehead atoms. The fraction of sp³-hybridized carbons (Fsp3) is 0.526. The van der Waals surface area contributed by atoms with Gasteiger partial charge in [-0.1, -0.05) is 25.1 Å². The topological polar surface area (TPSA) is 69.5 Å². The number of rotatable bonds is 4. The standard InChI is InChI=1S/C19H26N4O3/c1-5-14-8-6-7-9-15(14)25-13-17-21-20-16-12-22(10-11-23(16)17)18(24)26-19(2,3)4/h6-9H,5,10-13H2,1-4H3. The Morgan fingerprint density at radius 3 is 2.69 bits per heavy atom. The maximum absolute atomic E-state index is 12.2. The molecular weight excluding hydrogens is 332 g/mol. The van der Waals surface area contributed by atoms with Crippen molar-refractivity contribution in [3.8, 4) is 5.75 Å². The third kappa shape index (κ3) is 4.15. The van der Waals surface area contributed by atoms with Crippen molar-refractivity contribution >= 4 is 6.09 Å². The number of benzene rings is 1. The molecule has 1 aromatic heterocycles. The van der Waals surface area contributed by atoms with E-state index in [1.165, 1.54) is 5.56 Å². The van der Waals surface area contributed by atoms with Crippen molar-refractivity contribution in [1.29, 1.82) is 0 Å². The maximum atomic E-state index is 12.2. The van der Waals surface area contributed by atoms with E-state index in [4.69, 9.17) is 9.47 Å². The summed E-state index contributed by atoms with van der Waals surface area (Å²) in [5, 5.41) is 8.47. The second-order valence-corrected chi connectivity index (χ2v) is 7.34. The lowest BCUT2D eigenvalue weighted by molar-refractivity contribution is 0.0193. The molecule has 0 atom stereocenters. The van der Waals surface area contributed by atoms with Gasteiger partial charge in [-0.25, -0.2) is 4.79 Å². The average molecular weight is 358 g/mol. The summed E-state index contributed by atoms with van der Waals surface area (Å²) < 4.78 is 13.4. The van der Waals surface area contributed by atoms with Crippen molar-refractivity contribution in [3.63, 3.8) is 0 Å². The van der Waals surface area contributed by atoms with Gasteiger partial charge in [-0.2, -0.15) is 0 Å². The summed E-state index contributed by atoms with van der Waals surface area (Å²) in [4.78, 5) is 13.9. The zero-order valence-electron chi connectivity index (χ0n) is 15.9. The lowest BCUT2D eigenvalue weighted by Crippen LogP contribution is -2.41. The first-order valence-electron chi connectivity index (χ1n) is 8.97. The molecule has 140 valence electrons. The van der Waals surface area contributed by atoms with Crippen LogP contribution in [0, 0.1) is 0 Å². The van der Waals surface area contributed by atoms with Crippen LogP contribution in [0.3, 0.4) is 0 Å². The van der Waals surface area contributed by atoms with E-state index in [1.807, 2.05) is 43.5 Å². The fourth-order valence-corrected chi connectivity index (χ4v) is 2.89. The molecule has 26 heavy (non-hydrogen) atoms. The van der Waals surface area contributed by atoms with E-state index in [2.05, 4.69) is 23.2 Å². The van der Waals surface area contributed by atoms with Crippen LogP contribution < -0.4 is 4.74 Å². The number of para-hydroxylation sites is 1. The monoisotopic (exact) mass is 358 g/mol. The SMILES string of the molecule is CCc1ccccc1OCc1nnc2n1CCN(C(=O)OC(C)(C)C)C2. The molecule has 2 heterocycles. The number of carbonyl (C=O) groups is 1. The Hall–Kier alpha value is -2.57. The smallest absolute Gasteiger partial charge is 0.410 e. The van der Waals surface area contributed by atoms with Gasteiger partial charge in [0.2, 0.25) is 0 Å². The number of hydrogen-bond acceptors (Lipinski definition) is 5. The van der Waals surface area contributed by atoms with Crippen LogP contribution in [0.4, 0.5) is 4.79 Å². The zero-order valence-corrected chi connectivity index (χ0v) is 15.9. The molecule has 1 aliphatic rings. The molecule has 7 nitrogen and oxygen atoms in total. The summed E-state index contributed by atoms with van der Waals surface area (Å²) in [5.74, 6) is 2.40. The number of carbonyl (C=O) groups excluding carboxylic acids is 1. The Bertz CT molecular complexity index is 779. The van der Waals surface area contributed by atoms with Crippen LogP contribution in [0.25, 0.3) is 0 Å². The number of fused-ring (bicyclic) bond motifs is 1. The van der Waals surface area contributed by atoms with Crippen LogP contribution in [0.5, 0.6) is 5.75 Å². The summed E-state index contributed by atoms with van der Waals surface area (Å²) >= 11 is 0. The van der Waals surface area contributed by atoms with E-state index >= 15 is 0 Å². The Kier molecular flexibility index (Phi) is 5.15. The van der Waals surface area contributed by atoms with Crippen LogP contribution in [0.15, 0.2) is 24.3 Å². The minimum absolute atomic E-state index is 0.318. The summed E-state index contributed by atoms with van der Waals surface area (Å²) in [5.41, 5.74) is 0.662. The molecule has 0 N–H and O–H groups in total. The lowest BCUT2D eigenvalue weighted by atomic mass is 10.1. The molecule has 0 saturated carbocycles. The molecule has 1 amide bonds. The molecule has 0 saturated heterocycles. The highest BCUT2D eigenvalue weighted by Gasteiger charge is 2.28.